The minimum atomic E-state index is -0.561. The van der Waals surface area contributed by atoms with Crippen LogP contribution in [0, 0.1) is 39.9 Å². The molecule has 1 aromatic carbocycles. The number of hydrogen-bond acceptors (Lipinski definition) is 1. The molecule has 9 atom stereocenters. The summed E-state index contributed by atoms with van der Waals surface area (Å²) >= 11 is 0. The molecular weight excluding hydrogens is 371 g/mol. The molecule has 0 spiro atoms. The topological polar surface area (TPSA) is 20.2 Å². The van der Waals surface area contributed by atoms with Crippen LogP contribution in [0.2, 0.25) is 0 Å². The molecule has 0 saturated heterocycles. The number of aliphatic hydroxyl groups excluding tert-OH is 1. The first-order valence-corrected chi connectivity index (χ1v) is 12.7. The Hall–Kier alpha value is -0.890. The number of rotatable bonds is 3. The second-order valence-corrected chi connectivity index (χ2v) is 12.0. The number of aliphatic hydroxyl groups is 1. The summed E-state index contributed by atoms with van der Waals surface area (Å²) in [5.41, 5.74) is 1.92. The normalized spacial score (nSPS) is 49.0. The van der Waals surface area contributed by atoms with Crippen molar-refractivity contribution in [3.63, 3.8) is 0 Å². The standard InChI is InChI=1S/C28H41FO/c1-19(30)28(18-20-7-5-4-6-8-20)16-13-25-23-10-9-21-17-22(29)11-14-26(21,2)24(23)12-15-27(25,28)3/h4-8,19,21-25,30H,9-18H2,1-3H3. The molecule has 1 aromatic rings. The molecule has 4 aliphatic rings. The molecule has 0 radical (unpaired) electrons. The van der Waals surface area contributed by atoms with Gasteiger partial charge in [-0.15, -0.1) is 0 Å². The Labute approximate surface area is 182 Å². The third-order valence-corrected chi connectivity index (χ3v) is 11.2. The number of benzene rings is 1. The van der Waals surface area contributed by atoms with Crippen molar-refractivity contribution in [1.82, 2.24) is 0 Å². The molecule has 0 aromatic heterocycles. The molecular formula is C28H41FO. The molecule has 5 rings (SSSR count). The molecule has 0 aliphatic heterocycles. The summed E-state index contributed by atoms with van der Waals surface area (Å²) in [5, 5.41) is 11.2. The van der Waals surface area contributed by atoms with Gasteiger partial charge in [-0.05, 0) is 111 Å². The average Bonchev–Trinajstić information content (AvgIpc) is 3.03. The predicted molar refractivity (Wildman–Crippen MR) is 121 cm³/mol. The van der Waals surface area contributed by atoms with Gasteiger partial charge < -0.3 is 5.11 Å². The molecule has 0 bridgehead atoms. The van der Waals surface area contributed by atoms with Crippen molar-refractivity contribution in [3.05, 3.63) is 35.9 Å². The Morgan fingerprint density at radius 3 is 2.43 bits per heavy atom. The van der Waals surface area contributed by atoms with Gasteiger partial charge in [-0.2, -0.15) is 0 Å². The van der Waals surface area contributed by atoms with E-state index in [9.17, 15) is 9.50 Å². The van der Waals surface area contributed by atoms with E-state index in [-0.39, 0.29) is 16.9 Å². The Bertz CT molecular complexity index is 761. The summed E-state index contributed by atoms with van der Waals surface area (Å²) < 4.78 is 14.2. The van der Waals surface area contributed by atoms with Crippen molar-refractivity contribution >= 4 is 0 Å². The van der Waals surface area contributed by atoms with Crippen LogP contribution in [0.4, 0.5) is 4.39 Å². The van der Waals surface area contributed by atoms with Gasteiger partial charge in [-0.1, -0.05) is 44.2 Å². The molecule has 4 aliphatic carbocycles. The van der Waals surface area contributed by atoms with Crippen molar-refractivity contribution in [2.24, 2.45) is 39.9 Å². The Balaban J connectivity index is 1.46. The maximum absolute atomic E-state index is 14.2. The van der Waals surface area contributed by atoms with Gasteiger partial charge >= 0.3 is 0 Å². The lowest BCUT2D eigenvalue weighted by molar-refractivity contribution is -0.149. The SMILES string of the molecule is CC(O)C1(Cc2ccccc2)CCC2C3CCC4CC(F)CCC4(C)C3CCC21C. The maximum atomic E-state index is 14.2. The molecule has 9 unspecified atom stereocenters. The van der Waals surface area contributed by atoms with E-state index in [4.69, 9.17) is 0 Å². The van der Waals surface area contributed by atoms with Crippen molar-refractivity contribution in [2.75, 3.05) is 0 Å². The third-order valence-electron chi connectivity index (χ3n) is 11.2. The highest BCUT2D eigenvalue weighted by atomic mass is 19.1. The molecule has 0 amide bonds. The number of fused-ring (bicyclic) bond motifs is 5. The zero-order valence-electron chi connectivity index (χ0n) is 19.2. The summed E-state index contributed by atoms with van der Waals surface area (Å²) in [6, 6.07) is 10.9. The van der Waals surface area contributed by atoms with E-state index in [1.54, 1.807) is 0 Å². The van der Waals surface area contributed by atoms with E-state index in [0.29, 0.717) is 11.3 Å². The summed E-state index contributed by atoms with van der Waals surface area (Å²) in [4.78, 5) is 0. The largest absolute Gasteiger partial charge is 0.393 e. The fraction of sp³-hybridized carbons (Fsp3) is 0.786. The minimum absolute atomic E-state index is 0.0155. The molecule has 1 N–H and O–H groups in total. The molecule has 166 valence electrons. The van der Waals surface area contributed by atoms with E-state index in [0.717, 1.165) is 49.9 Å². The molecule has 1 nitrogen and oxygen atoms in total. The maximum Gasteiger partial charge on any atom is 0.100 e. The number of halogens is 1. The van der Waals surface area contributed by atoms with E-state index in [1.165, 1.54) is 37.7 Å². The first-order valence-electron chi connectivity index (χ1n) is 12.7. The van der Waals surface area contributed by atoms with Crippen molar-refractivity contribution < 1.29 is 9.50 Å². The van der Waals surface area contributed by atoms with Crippen LogP contribution in [0.3, 0.4) is 0 Å². The fourth-order valence-corrected chi connectivity index (χ4v) is 9.46. The highest BCUT2D eigenvalue weighted by Crippen LogP contribution is 2.71. The predicted octanol–water partition coefficient (Wildman–Crippen LogP) is 6.98. The van der Waals surface area contributed by atoms with Gasteiger partial charge in [0.25, 0.3) is 0 Å². The molecule has 4 fully saturated rings. The monoisotopic (exact) mass is 412 g/mol. The van der Waals surface area contributed by atoms with Gasteiger partial charge in [0.15, 0.2) is 0 Å². The zero-order valence-corrected chi connectivity index (χ0v) is 19.2. The fourth-order valence-electron chi connectivity index (χ4n) is 9.46. The van der Waals surface area contributed by atoms with Gasteiger partial charge in [-0.3, -0.25) is 0 Å². The van der Waals surface area contributed by atoms with E-state index < -0.39 is 6.17 Å². The summed E-state index contributed by atoms with van der Waals surface area (Å²) in [7, 11) is 0. The molecule has 0 heterocycles. The summed E-state index contributed by atoms with van der Waals surface area (Å²) in [6.45, 7) is 7.11. The number of hydrogen-bond donors (Lipinski definition) is 1. The van der Waals surface area contributed by atoms with Crippen LogP contribution in [0.1, 0.15) is 84.1 Å². The van der Waals surface area contributed by atoms with E-state index in [2.05, 4.69) is 51.1 Å². The van der Waals surface area contributed by atoms with Crippen LogP contribution < -0.4 is 0 Å². The van der Waals surface area contributed by atoms with Crippen LogP contribution in [-0.4, -0.2) is 17.4 Å². The van der Waals surface area contributed by atoms with Gasteiger partial charge in [0.1, 0.15) is 6.17 Å². The quantitative estimate of drug-likeness (QED) is 0.568. The highest BCUT2D eigenvalue weighted by molar-refractivity contribution is 5.22. The molecule has 4 saturated carbocycles. The van der Waals surface area contributed by atoms with Gasteiger partial charge in [0.05, 0.1) is 6.10 Å². The number of alkyl halides is 1. The Morgan fingerprint density at radius 2 is 1.70 bits per heavy atom. The van der Waals surface area contributed by atoms with Crippen molar-refractivity contribution in [1.29, 1.82) is 0 Å². The van der Waals surface area contributed by atoms with E-state index in [1.807, 2.05) is 0 Å². The van der Waals surface area contributed by atoms with Crippen LogP contribution in [0.5, 0.6) is 0 Å². The lowest BCUT2D eigenvalue weighted by Crippen LogP contribution is -2.57. The van der Waals surface area contributed by atoms with Crippen molar-refractivity contribution in [2.45, 2.75) is 97.3 Å². The first-order chi connectivity index (χ1) is 14.3. The first kappa shape index (κ1) is 21.0. The second kappa shape index (κ2) is 7.32. The lowest BCUT2D eigenvalue weighted by Gasteiger charge is -2.62. The third kappa shape index (κ3) is 2.88. The van der Waals surface area contributed by atoms with Gasteiger partial charge in [-0.25, -0.2) is 4.39 Å². The van der Waals surface area contributed by atoms with Crippen LogP contribution in [0.15, 0.2) is 30.3 Å². The lowest BCUT2D eigenvalue weighted by atomic mass is 9.43. The minimum Gasteiger partial charge on any atom is -0.393 e. The summed E-state index contributed by atoms with van der Waals surface area (Å²) in [5.74, 6) is 2.86. The van der Waals surface area contributed by atoms with Gasteiger partial charge in [0.2, 0.25) is 0 Å². The zero-order chi connectivity index (χ0) is 21.1. The summed E-state index contributed by atoms with van der Waals surface area (Å²) in [6.07, 6.45) is 10.3. The Morgan fingerprint density at radius 1 is 0.967 bits per heavy atom. The van der Waals surface area contributed by atoms with Crippen LogP contribution >= 0.6 is 0 Å². The van der Waals surface area contributed by atoms with Gasteiger partial charge in [0, 0.05) is 5.41 Å². The molecule has 2 heteroatoms. The molecule has 30 heavy (non-hydrogen) atoms. The smallest absolute Gasteiger partial charge is 0.100 e. The highest BCUT2D eigenvalue weighted by Gasteiger charge is 2.65. The average molecular weight is 413 g/mol. The van der Waals surface area contributed by atoms with Crippen molar-refractivity contribution in [3.8, 4) is 0 Å². The van der Waals surface area contributed by atoms with E-state index >= 15 is 0 Å². The van der Waals surface area contributed by atoms with Crippen LogP contribution in [0.25, 0.3) is 0 Å². The Kier molecular flexibility index (Phi) is 5.12. The van der Waals surface area contributed by atoms with Crippen LogP contribution in [-0.2, 0) is 6.42 Å². The second-order valence-electron chi connectivity index (χ2n) is 12.0.